The first-order valence-corrected chi connectivity index (χ1v) is 4.51. The molecular formula is C11H8N2O3. The van der Waals surface area contributed by atoms with Gasteiger partial charge >= 0.3 is 5.97 Å². The highest BCUT2D eigenvalue weighted by Crippen LogP contribution is 2.22. The van der Waals surface area contributed by atoms with E-state index in [2.05, 4.69) is 9.97 Å². The van der Waals surface area contributed by atoms with Gasteiger partial charge in [-0.25, -0.2) is 4.79 Å². The molecule has 2 N–H and O–H groups in total. The number of carboxylic acid groups (broad SMARTS) is 1. The molecule has 2 aromatic rings. The Balaban J connectivity index is 2.52. The molecule has 0 saturated heterocycles. The van der Waals surface area contributed by atoms with Crippen LogP contribution >= 0.6 is 0 Å². The maximum atomic E-state index is 10.8. The zero-order valence-corrected chi connectivity index (χ0v) is 8.16. The first-order valence-electron chi connectivity index (χ1n) is 4.51. The van der Waals surface area contributed by atoms with Gasteiger partial charge in [-0.3, -0.25) is 9.97 Å². The Labute approximate surface area is 91.0 Å². The topological polar surface area (TPSA) is 83.3 Å². The quantitative estimate of drug-likeness (QED) is 0.795. The summed E-state index contributed by atoms with van der Waals surface area (Å²) in [5, 5.41) is 18.1. The number of rotatable bonds is 2. The number of nitrogens with zero attached hydrogens (tertiary/aromatic N) is 2. The maximum absolute atomic E-state index is 10.8. The van der Waals surface area contributed by atoms with Gasteiger partial charge in [0.05, 0.1) is 11.9 Å². The van der Waals surface area contributed by atoms with Crippen molar-refractivity contribution in [3.8, 4) is 17.0 Å². The van der Waals surface area contributed by atoms with Crippen LogP contribution < -0.4 is 0 Å². The van der Waals surface area contributed by atoms with Gasteiger partial charge in [-0.1, -0.05) is 0 Å². The fourth-order valence-corrected chi connectivity index (χ4v) is 1.30. The summed E-state index contributed by atoms with van der Waals surface area (Å²) in [4.78, 5) is 18.6. The average Bonchev–Trinajstić information content (AvgIpc) is 2.30. The smallest absolute Gasteiger partial charge is 0.339 e. The SMILES string of the molecule is O=C(O)c1cc(-c2ccncc2)ncc1O. The van der Waals surface area contributed by atoms with Crippen LogP contribution in [0.3, 0.4) is 0 Å². The number of pyridine rings is 2. The lowest BCUT2D eigenvalue weighted by molar-refractivity contribution is 0.0693. The van der Waals surface area contributed by atoms with Crippen molar-refractivity contribution in [2.75, 3.05) is 0 Å². The Morgan fingerprint density at radius 1 is 1.25 bits per heavy atom. The fourth-order valence-electron chi connectivity index (χ4n) is 1.30. The lowest BCUT2D eigenvalue weighted by Gasteiger charge is -2.03. The second-order valence-electron chi connectivity index (χ2n) is 3.13. The van der Waals surface area contributed by atoms with Crippen molar-refractivity contribution in [3.63, 3.8) is 0 Å². The molecular weight excluding hydrogens is 208 g/mol. The molecule has 0 aliphatic carbocycles. The number of aromatic nitrogens is 2. The molecule has 0 aliphatic rings. The third-order valence-corrected chi connectivity index (χ3v) is 2.09. The maximum Gasteiger partial charge on any atom is 0.339 e. The van der Waals surface area contributed by atoms with Crippen molar-refractivity contribution in [1.82, 2.24) is 9.97 Å². The van der Waals surface area contributed by atoms with Gasteiger partial charge in [-0.15, -0.1) is 0 Å². The van der Waals surface area contributed by atoms with Crippen LogP contribution in [0.5, 0.6) is 5.75 Å². The second-order valence-corrected chi connectivity index (χ2v) is 3.13. The van der Waals surface area contributed by atoms with Gasteiger partial charge in [0.15, 0.2) is 0 Å². The summed E-state index contributed by atoms with van der Waals surface area (Å²) in [5.74, 6) is -1.53. The van der Waals surface area contributed by atoms with Gasteiger partial charge in [0.1, 0.15) is 11.3 Å². The Morgan fingerprint density at radius 3 is 2.56 bits per heavy atom. The molecule has 0 amide bonds. The molecule has 16 heavy (non-hydrogen) atoms. The van der Waals surface area contributed by atoms with Crippen LogP contribution in [0.2, 0.25) is 0 Å². The van der Waals surface area contributed by atoms with Crippen molar-refractivity contribution in [3.05, 3.63) is 42.4 Å². The Bertz CT molecular complexity index is 526. The number of carboxylic acids is 1. The molecule has 0 aliphatic heterocycles. The van der Waals surface area contributed by atoms with Crippen molar-refractivity contribution < 1.29 is 15.0 Å². The molecule has 0 fully saturated rings. The fraction of sp³-hybridized carbons (Fsp3) is 0. The minimum absolute atomic E-state index is 0.165. The number of aromatic hydroxyl groups is 1. The summed E-state index contributed by atoms with van der Waals surface area (Å²) < 4.78 is 0. The largest absolute Gasteiger partial charge is 0.505 e. The van der Waals surface area contributed by atoms with Crippen LogP contribution in [0.1, 0.15) is 10.4 Å². The molecule has 80 valence electrons. The Kier molecular flexibility index (Phi) is 2.51. The average molecular weight is 216 g/mol. The van der Waals surface area contributed by atoms with Crippen molar-refractivity contribution in [2.24, 2.45) is 0 Å². The first-order chi connectivity index (χ1) is 7.68. The van der Waals surface area contributed by atoms with Crippen LogP contribution in [-0.4, -0.2) is 26.2 Å². The normalized spacial score (nSPS) is 10.0. The van der Waals surface area contributed by atoms with Crippen LogP contribution in [0.15, 0.2) is 36.8 Å². The molecule has 2 heterocycles. The van der Waals surface area contributed by atoms with E-state index in [0.29, 0.717) is 5.69 Å². The zero-order valence-electron chi connectivity index (χ0n) is 8.16. The number of hydrogen-bond acceptors (Lipinski definition) is 4. The molecule has 0 unspecified atom stereocenters. The molecule has 0 bridgehead atoms. The van der Waals surface area contributed by atoms with Crippen molar-refractivity contribution in [1.29, 1.82) is 0 Å². The number of hydrogen-bond donors (Lipinski definition) is 2. The molecule has 5 heteroatoms. The Hall–Kier alpha value is -2.43. The highest BCUT2D eigenvalue weighted by Gasteiger charge is 2.11. The van der Waals surface area contributed by atoms with E-state index in [4.69, 9.17) is 5.11 Å². The first kappa shape index (κ1) is 10.1. The monoisotopic (exact) mass is 216 g/mol. The Morgan fingerprint density at radius 2 is 1.94 bits per heavy atom. The summed E-state index contributed by atoms with van der Waals surface area (Å²) in [6, 6.07) is 4.75. The van der Waals surface area contributed by atoms with E-state index in [9.17, 15) is 9.90 Å². The molecule has 0 radical (unpaired) electrons. The summed E-state index contributed by atoms with van der Waals surface area (Å²) >= 11 is 0. The van der Waals surface area contributed by atoms with Gasteiger partial charge in [0, 0.05) is 18.0 Å². The van der Waals surface area contributed by atoms with E-state index in [1.807, 2.05) is 0 Å². The highest BCUT2D eigenvalue weighted by molar-refractivity contribution is 5.91. The van der Waals surface area contributed by atoms with E-state index < -0.39 is 5.97 Å². The summed E-state index contributed by atoms with van der Waals surface area (Å²) in [6.07, 6.45) is 4.30. The second kappa shape index (κ2) is 3.98. The molecule has 0 spiro atoms. The van der Waals surface area contributed by atoms with Crippen molar-refractivity contribution in [2.45, 2.75) is 0 Å². The molecule has 0 atom stereocenters. The van der Waals surface area contributed by atoms with Crippen LogP contribution in [-0.2, 0) is 0 Å². The van der Waals surface area contributed by atoms with E-state index in [-0.39, 0.29) is 11.3 Å². The van der Waals surface area contributed by atoms with Gasteiger partial charge in [-0.05, 0) is 18.2 Å². The number of aromatic carboxylic acids is 1. The summed E-state index contributed by atoms with van der Waals surface area (Å²) in [6.45, 7) is 0. The van der Waals surface area contributed by atoms with Crippen LogP contribution in [0, 0.1) is 0 Å². The van der Waals surface area contributed by atoms with Crippen LogP contribution in [0.25, 0.3) is 11.3 Å². The van der Waals surface area contributed by atoms with Crippen LogP contribution in [0.4, 0.5) is 0 Å². The lowest BCUT2D eigenvalue weighted by atomic mass is 10.1. The van der Waals surface area contributed by atoms with E-state index in [0.717, 1.165) is 11.8 Å². The predicted octanol–water partition coefficient (Wildman–Crippen LogP) is 1.55. The van der Waals surface area contributed by atoms with E-state index in [1.165, 1.54) is 6.07 Å². The van der Waals surface area contributed by atoms with Crippen molar-refractivity contribution >= 4 is 5.97 Å². The minimum Gasteiger partial charge on any atom is -0.505 e. The lowest BCUT2D eigenvalue weighted by Crippen LogP contribution is -1.98. The van der Waals surface area contributed by atoms with Gasteiger partial charge < -0.3 is 10.2 Å². The highest BCUT2D eigenvalue weighted by atomic mass is 16.4. The molecule has 2 rings (SSSR count). The minimum atomic E-state index is -1.18. The third-order valence-electron chi connectivity index (χ3n) is 2.09. The third kappa shape index (κ3) is 1.83. The van der Waals surface area contributed by atoms with E-state index >= 15 is 0 Å². The summed E-state index contributed by atoms with van der Waals surface area (Å²) in [5.41, 5.74) is 1.07. The number of carbonyl (C=O) groups is 1. The van der Waals surface area contributed by atoms with Gasteiger partial charge in [0.25, 0.3) is 0 Å². The van der Waals surface area contributed by atoms with Gasteiger partial charge in [-0.2, -0.15) is 0 Å². The molecule has 0 saturated carbocycles. The summed E-state index contributed by atoms with van der Waals surface area (Å²) in [7, 11) is 0. The zero-order chi connectivity index (χ0) is 11.5. The molecule has 5 nitrogen and oxygen atoms in total. The van der Waals surface area contributed by atoms with Gasteiger partial charge in [0.2, 0.25) is 0 Å². The predicted molar refractivity (Wildman–Crippen MR) is 56.1 cm³/mol. The standard InChI is InChI=1S/C11H8N2O3/c14-10-6-13-9(5-8(10)11(15)16)7-1-3-12-4-2-7/h1-6,14H,(H,15,16). The van der Waals surface area contributed by atoms with E-state index in [1.54, 1.807) is 24.5 Å². The molecule has 0 aromatic carbocycles. The molecule has 2 aromatic heterocycles.